The van der Waals surface area contributed by atoms with Gasteiger partial charge >= 0.3 is 0 Å². The van der Waals surface area contributed by atoms with E-state index in [0.717, 1.165) is 45.3 Å². The summed E-state index contributed by atoms with van der Waals surface area (Å²) in [6.45, 7) is 3.97. The Morgan fingerprint density at radius 2 is 0.917 bits per heavy atom. The van der Waals surface area contributed by atoms with Gasteiger partial charge in [0.25, 0.3) is 5.69 Å². The molecule has 0 aliphatic heterocycles. The van der Waals surface area contributed by atoms with E-state index in [-0.39, 0.29) is 17.3 Å². The van der Waals surface area contributed by atoms with Gasteiger partial charge in [0.1, 0.15) is 17.3 Å². The maximum atomic E-state index is 13.0. The van der Waals surface area contributed by atoms with Gasteiger partial charge < -0.3 is 27.0 Å². The lowest BCUT2D eigenvalue weighted by Gasteiger charge is -2.14. The number of nitro benzene ring substituents is 1. The van der Waals surface area contributed by atoms with Crippen LogP contribution in [0, 0.1) is 35.6 Å². The number of hydrogen-bond donors (Lipinski definition) is 5. The number of halogens is 2. The molecule has 0 saturated heterocycles. The molecule has 0 spiro atoms. The molecule has 0 saturated carbocycles. The molecule has 0 radical (unpaired) electrons. The highest BCUT2D eigenvalue weighted by atomic mass is 19.1. The van der Waals surface area contributed by atoms with Crippen molar-refractivity contribution >= 4 is 56.9 Å². The van der Waals surface area contributed by atoms with Crippen molar-refractivity contribution in [3.8, 4) is 0 Å². The van der Waals surface area contributed by atoms with Crippen molar-refractivity contribution < 1.29 is 13.7 Å². The Hall–Kier alpha value is -6.42. The van der Waals surface area contributed by atoms with E-state index < -0.39 is 4.92 Å². The molecule has 0 amide bonds. The first-order chi connectivity index (χ1) is 23.1. The van der Waals surface area contributed by atoms with E-state index in [2.05, 4.69) is 21.3 Å². The van der Waals surface area contributed by atoms with E-state index in [9.17, 15) is 18.9 Å². The lowest BCUT2D eigenvalue weighted by Crippen LogP contribution is -1.98. The molecule has 0 atom stereocenters. The lowest BCUT2D eigenvalue weighted by molar-refractivity contribution is -0.383. The van der Waals surface area contributed by atoms with Gasteiger partial charge in [-0.05, 0) is 116 Å². The highest BCUT2D eigenvalue weighted by molar-refractivity contribution is 5.76. The zero-order chi connectivity index (χ0) is 34.0. The van der Waals surface area contributed by atoms with Crippen molar-refractivity contribution in [2.45, 2.75) is 13.8 Å². The second-order valence-corrected chi connectivity index (χ2v) is 10.9. The molecule has 242 valence electrons. The molecule has 6 aromatic carbocycles. The summed E-state index contributed by atoms with van der Waals surface area (Å²) < 4.78 is 26.0. The number of hydrogen-bond acceptors (Lipinski definition) is 7. The number of benzene rings is 6. The summed E-state index contributed by atoms with van der Waals surface area (Å²) >= 11 is 0. The van der Waals surface area contributed by atoms with E-state index >= 15 is 0 Å². The Balaban J connectivity index is 0.000000188. The van der Waals surface area contributed by atoms with Crippen LogP contribution in [0.3, 0.4) is 0 Å². The van der Waals surface area contributed by atoms with Crippen LogP contribution in [-0.2, 0) is 0 Å². The van der Waals surface area contributed by atoms with Gasteiger partial charge in [-0.1, -0.05) is 36.4 Å². The Morgan fingerprint density at radius 1 is 0.521 bits per heavy atom. The molecule has 0 heterocycles. The summed E-state index contributed by atoms with van der Waals surface area (Å²) in [5.74, 6) is -0.545. The van der Waals surface area contributed by atoms with Crippen LogP contribution in [0.2, 0.25) is 0 Å². The van der Waals surface area contributed by atoms with Crippen LogP contribution in [0.25, 0.3) is 0 Å². The largest absolute Gasteiger partial charge is 0.397 e. The molecule has 6 N–H and O–H groups in total. The fourth-order valence-electron chi connectivity index (χ4n) is 4.71. The molecule has 0 fully saturated rings. The number of nitro groups is 1. The standard InChI is InChI=1S/C19H16FN3O2.C19H18FN3/c1-13-6-9-16(22-17-4-2-3-5-19(17)23(24)25)12-18(13)21-15-10-7-14(20)8-11-15;1-13-6-9-16(23-18-5-3-2-4-17(18)21)12-19(13)22-15-10-7-14(20)8-11-15/h2-12,21-22H,1H3;2-12,22-23H,21H2,1H3. The average Bonchev–Trinajstić information content (AvgIpc) is 3.08. The van der Waals surface area contributed by atoms with Gasteiger partial charge in [-0.15, -0.1) is 0 Å². The maximum Gasteiger partial charge on any atom is 0.292 e. The van der Waals surface area contributed by atoms with Gasteiger partial charge in [0.05, 0.1) is 16.3 Å². The summed E-state index contributed by atoms with van der Waals surface area (Å²) in [6.07, 6.45) is 0. The first-order valence-electron chi connectivity index (χ1n) is 15.0. The van der Waals surface area contributed by atoms with Crippen molar-refractivity contribution in [3.63, 3.8) is 0 Å². The van der Waals surface area contributed by atoms with Crippen LogP contribution in [0.5, 0.6) is 0 Å². The molecule has 48 heavy (non-hydrogen) atoms. The minimum Gasteiger partial charge on any atom is -0.397 e. The molecule has 0 bridgehead atoms. The monoisotopic (exact) mass is 644 g/mol. The lowest BCUT2D eigenvalue weighted by atomic mass is 10.1. The van der Waals surface area contributed by atoms with Crippen LogP contribution < -0.4 is 27.0 Å². The fraction of sp³-hybridized carbons (Fsp3) is 0.0526. The SMILES string of the molecule is Cc1ccc(Nc2ccccc2N)cc1Nc1ccc(F)cc1.Cc1ccc(Nc2ccccc2[N+](=O)[O-])cc1Nc1ccc(F)cc1. The van der Waals surface area contributed by atoms with Crippen LogP contribution in [-0.4, -0.2) is 4.92 Å². The van der Waals surface area contributed by atoms with E-state index in [1.807, 2.05) is 74.5 Å². The van der Waals surface area contributed by atoms with E-state index in [4.69, 9.17) is 5.73 Å². The topological polar surface area (TPSA) is 117 Å². The maximum absolute atomic E-state index is 13.0. The molecule has 0 aliphatic rings. The number of rotatable bonds is 9. The first kappa shape index (κ1) is 33.0. The molecule has 0 aliphatic carbocycles. The molecule has 6 rings (SSSR count). The molecule has 10 heteroatoms. The Labute approximate surface area is 277 Å². The molecule has 6 aromatic rings. The molecule has 0 unspecified atom stereocenters. The number of anilines is 9. The zero-order valence-corrected chi connectivity index (χ0v) is 26.3. The number of aryl methyl sites for hydroxylation is 2. The number of nitrogens with two attached hydrogens (primary N) is 1. The fourth-order valence-corrected chi connectivity index (χ4v) is 4.71. The Kier molecular flexibility index (Phi) is 10.5. The van der Waals surface area contributed by atoms with Crippen LogP contribution in [0.4, 0.5) is 65.7 Å². The molecule has 8 nitrogen and oxygen atoms in total. The summed E-state index contributed by atoms with van der Waals surface area (Å²) in [5, 5.41) is 24.0. The average molecular weight is 645 g/mol. The molecular formula is C38H34F2N6O2. The van der Waals surface area contributed by atoms with Gasteiger partial charge in [0, 0.05) is 40.2 Å². The molecular weight excluding hydrogens is 610 g/mol. The van der Waals surface area contributed by atoms with Crippen LogP contribution >= 0.6 is 0 Å². The third kappa shape index (κ3) is 8.85. The van der Waals surface area contributed by atoms with Crippen LogP contribution in [0.15, 0.2) is 133 Å². The van der Waals surface area contributed by atoms with Crippen LogP contribution in [0.1, 0.15) is 11.1 Å². The number of nitrogens with one attached hydrogen (secondary N) is 4. The number of nitrogen functional groups attached to an aromatic ring is 1. The van der Waals surface area contributed by atoms with Gasteiger partial charge in [-0.3, -0.25) is 10.1 Å². The normalized spacial score (nSPS) is 10.3. The highest BCUT2D eigenvalue weighted by Gasteiger charge is 2.13. The summed E-state index contributed by atoms with van der Waals surface area (Å²) in [6, 6.07) is 38.1. The third-order valence-electron chi connectivity index (χ3n) is 7.34. The first-order valence-corrected chi connectivity index (χ1v) is 15.0. The Morgan fingerprint density at radius 3 is 1.40 bits per heavy atom. The van der Waals surface area contributed by atoms with Gasteiger partial charge in [0.2, 0.25) is 0 Å². The van der Waals surface area contributed by atoms with Crippen molar-refractivity contribution in [1.82, 2.24) is 0 Å². The van der Waals surface area contributed by atoms with E-state index in [0.29, 0.717) is 17.1 Å². The minimum absolute atomic E-state index is 0.0103. The second kappa shape index (κ2) is 15.2. The van der Waals surface area contributed by atoms with E-state index in [1.165, 1.54) is 30.3 Å². The van der Waals surface area contributed by atoms with Gasteiger partial charge in [0.15, 0.2) is 0 Å². The van der Waals surface area contributed by atoms with Crippen molar-refractivity contribution in [2.24, 2.45) is 0 Å². The summed E-state index contributed by atoms with van der Waals surface area (Å²) in [5.41, 5.74) is 15.1. The Bertz CT molecular complexity index is 2020. The quantitative estimate of drug-likeness (QED) is 0.0604. The third-order valence-corrected chi connectivity index (χ3v) is 7.34. The highest BCUT2D eigenvalue weighted by Crippen LogP contribution is 2.31. The van der Waals surface area contributed by atoms with Crippen molar-refractivity contribution in [1.29, 1.82) is 0 Å². The smallest absolute Gasteiger partial charge is 0.292 e. The summed E-state index contributed by atoms with van der Waals surface area (Å²) in [7, 11) is 0. The summed E-state index contributed by atoms with van der Waals surface area (Å²) in [4.78, 5) is 10.7. The van der Waals surface area contributed by atoms with E-state index in [1.54, 1.807) is 42.5 Å². The second-order valence-electron chi connectivity index (χ2n) is 10.9. The number of para-hydroxylation sites is 4. The molecule has 0 aromatic heterocycles. The number of nitrogens with zero attached hydrogens (tertiary/aromatic N) is 1. The van der Waals surface area contributed by atoms with Crippen molar-refractivity contribution in [2.75, 3.05) is 27.0 Å². The van der Waals surface area contributed by atoms with Gasteiger partial charge in [-0.25, -0.2) is 8.78 Å². The minimum atomic E-state index is -0.422. The predicted octanol–water partition coefficient (Wildman–Crippen LogP) is 10.7. The van der Waals surface area contributed by atoms with Gasteiger partial charge in [-0.2, -0.15) is 0 Å². The van der Waals surface area contributed by atoms with Crippen molar-refractivity contribution in [3.05, 3.63) is 166 Å². The predicted molar refractivity (Wildman–Crippen MR) is 192 cm³/mol. The zero-order valence-electron chi connectivity index (χ0n) is 26.3.